The van der Waals surface area contributed by atoms with Crippen LogP contribution in [-0.4, -0.2) is 33.7 Å². The normalized spacial score (nSPS) is 10.9. The molecule has 124 valence electrons. The number of hydrogen-bond acceptors (Lipinski definition) is 4. The van der Waals surface area contributed by atoms with Crippen LogP contribution in [0.1, 0.15) is 42.2 Å². The zero-order valence-electron chi connectivity index (χ0n) is 13.7. The fourth-order valence-corrected chi connectivity index (χ4v) is 2.99. The molecule has 0 saturated heterocycles. The number of carbonyl (C=O) groups is 1. The molecule has 0 bridgehead atoms. The van der Waals surface area contributed by atoms with Gasteiger partial charge < -0.3 is 4.98 Å². The molecule has 0 fully saturated rings. The van der Waals surface area contributed by atoms with Crippen molar-refractivity contribution in [2.24, 2.45) is 0 Å². The van der Waals surface area contributed by atoms with Crippen molar-refractivity contribution < 1.29 is 4.79 Å². The lowest BCUT2D eigenvalue weighted by Gasteiger charge is -2.17. The molecule has 0 saturated carbocycles. The Morgan fingerprint density at radius 2 is 2.09 bits per heavy atom. The Labute approximate surface area is 141 Å². The van der Waals surface area contributed by atoms with Gasteiger partial charge in [0.05, 0.1) is 6.20 Å². The molecule has 2 N–H and O–H groups in total. The van der Waals surface area contributed by atoms with Crippen molar-refractivity contribution in [2.75, 3.05) is 12.8 Å². The average Bonchev–Trinajstić information content (AvgIpc) is 3.01. The minimum Gasteiger partial charge on any atom is -0.329 e. The van der Waals surface area contributed by atoms with Crippen LogP contribution in [0.2, 0.25) is 0 Å². The summed E-state index contributed by atoms with van der Waals surface area (Å²) < 4.78 is 0. The van der Waals surface area contributed by atoms with Gasteiger partial charge in [-0.25, -0.2) is 9.99 Å². The first-order valence-corrected chi connectivity index (χ1v) is 8.91. The van der Waals surface area contributed by atoms with Gasteiger partial charge in [-0.15, -0.1) is 0 Å². The van der Waals surface area contributed by atoms with E-state index in [0.717, 1.165) is 16.5 Å². The van der Waals surface area contributed by atoms with Crippen molar-refractivity contribution in [3.8, 4) is 0 Å². The molecular weight excluding hydrogens is 308 g/mol. The summed E-state index contributed by atoms with van der Waals surface area (Å²) in [6, 6.07) is 10.0. The molecule has 0 aliphatic rings. The summed E-state index contributed by atoms with van der Waals surface area (Å²) in [5, 5.41) is 2.57. The molecule has 2 rings (SSSR count). The summed E-state index contributed by atoms with van der Waals surface area (Å²) in [4.78, 5) is 19.5. The van der Waals surface area contributed by atoms with Crippen LogP contribution in [-0.2, 0) is 6.54 Å². The number of hydrazine groups is 1. The Bertz CT molecular complexity index is 600. The highest BCUT2D eigenvalue weighted by Crippen LogP contribution is 2.16. The third-order valence-electron chi connectivity index (χ3n) is 3.34. The molecule has 1 aromatic carbocycles. The number of aromatic nitrogens is 2. The Kier molecular flexibility index (Phi) is 7.16. The van der Waals surface area contributed by atoms with Gasteiger partial charge in [-0.3, -0.25) is 10.2 Å². The molecule has 1 amide bonds. The van der Waals surface area contributed by atoms with E-state index in [1.807, 2.05) is 37.4 Å². The molecule has 0 radical (unpaired) electrons. The molecule has 1 aromatic heterocycles. The van der Waals surface area contributed by atoms with Crippen molar-refractivity contribution in [1.82, 2.24) is 20.4 Å². The van der Waals surface area contributed by atoms with Crippen LogP contribution in [0.25, 0.3) is 0 Å². The fraction of sp³-hybridized carbons (Fsp3) is 0.412. The van der Waals surface area contributed by atoms with Crippen LogP contribution < -0.4 is 5.43 Å². The number of thioether (sulfide) groups is 1. The maximum atomic E-state index is 12.2. The second-order valence-corrected chi connectivity index (χ2v) is 6.52. The topological polar surface area (TPSA) is 61.0 Å². The lowest BCUT2D eigenvalue weighted by molar-refractivity contribution is 0.0814. The zero-order valence-corrected chi connectivity index (χ0v) is 14.5. The van der Waals surface area contributed by atoms with Gasteiger partial charge in [-0.2, -0.15) is 0 Å². The summed E-state index contributed by atoms with van der Waals surface area (Å²) >= 11 is 1.66. The molecule has 1 heterocycles. The van der Waals surface area contributed by atoms with Crippen molar-refractivity contribution in [3.63, 3.8) is 0 Å². The Hall–Kier alpha value is -1.79. The molecular formula is C17H24N4OS. The van der Waals surface area contributed by atoms with Gasteiger partial charge in [0.25, 0.3) is 5.91 Å². The van der Waals surface area contributed by atoms with E-state index < -0.39 is 0 Å². The predicted octanol–water partition coefficient (Wildman–Crippen LogP) is 3.47. The van der Waals surface area contributed by atoms with E-state index in [-0.39, 0.29) is 5.91 Å². The molecule has 5 nitrogen and oxygen atoms in total. The third-order valence-corrected chi connectivity index (χ3v) is 4.31. The molecule has 0 aliphatic heterocycles. The van der Waals surface area contributed by atoms with E-state index in [1.165, 1.54) is 19.3 Å². The number of nitrogens with zero attached hydrogens (tertiary/aromatic N) is 2. The second-order valence-electron chi connectivity index (χ2n) is 5.44. The predicted molar refractivity (Wildman–Crippen MR) is 94.2 cm³/mol. The van der Waals surface area contributed by atoms with E-state index in [1.54, 1.807) is 23.0 Å². The number of aromatic amines is 1. The number of benzene rings is 1. The van der Waals surface area contributed by atoms with Crippen LogP contribution >= 0.6 is 11.8 Å². The molecule has 0 spiro atoms. The highest BCUT2D eigenvalue weighted by molar-refractivity contribution is 7.99. The quantitative estimate of drug-likeness (QED) is 0.419. The van der Waals surface area contributed by atoms with Gasteiger partial charge in [0, 0.05) is 19.3 Å². The minimum absolute atomic E-state index is 0.170. The summed E-state index contributed by atoms with van der Waals surface area (Å²) in [6.45, 7) is 2.84. The van der Waals surface area contributed by atoms with E-state index in [4.69, 9.17) is 0 Å². The average molecular weight is 332 g/mol. The zero-order chi connectivity index (χ0) is 16.5. The number of H-pyrrole nitrogens is 1. The number of amides is 1. The number of hydrogen-bond donors (Lipinski definition) is 2. The van der Waals surface area contributed by atoms with Crippen LogP contribution in [0, 0.1) is 0 Å². The van der Waals surface area contributed by atoms with Gasteiger partial charge in [-0.1, -0.05) is 61.9 Å². The number of imidazole rings is 1. The third kappa shape index (κ3) is 6.08. The largest absolute Gasteiger partial charge is 0.329 e. The first-order valence-electron chi connectivity index (χ1n) is 7.93. The van der Waals surface area contributed by atoms with Gasteiger partial charge in [0.15, 0.2) is 5.16 Å². The highest BCUT2D eigenvalue weighted by atomic mass is 32.2. The van der Waals surface area contributed by atoms with Crippen LogP contribution in [0.3, 0.4) is 0 Å². The summed E-state index contributed by atoms with van der Waals surface area (Å²) in [6.07, 6.45) is 5.20. The van der Waals surface area contributed by atoms with Gasteiger partial charge in [-0.05, 0) is 12.0 Å². The van der Waals surface area contributed by atoms with E-state index >= 15 is 0 Å². The number of carbonyl (C=O) groups excluding carboxylic acids is 1. The van der Waals surface area contributed by atoms with Crippen molar-refractivity contribution >= 4 is 17.7 Å². The van der Waals surface area contributed by atoms with Gasteiger partial charge >= 0.3 is 0 Å². The molecule has 23 heavy (non-hydrogen) atoms. The fourth-order valence-electron chi connectivity index (χ4n) is 2.14. The maximum Gasteiger partial charge on any atom is 0.283 e. The van der Waals surface area contributed by atoms with E-state index in [9.17, 15) is 4.79 Å². The number of rotatable bonds is 9. The molecule has 0 unspecified atom stereocenters. The Morgan fingerprint density at radius 3 is 2.83 bits per heavy atom. The van der Waals surface area contributed by atoms with Crippen molar-refractivity contribution in [3.05, 3.63) is 47.8 Å². The molecule has 2 aromatic rings. The summed E-state index contributed by atoms with van der Waals surface area (Å²) in [5.74, 6) is 0.854. The number of unbranched alkanes of at least 4 members (excludes halogenated alkanes) is 2. The van der Waals surface area contributed by atoms with Gasteiger partial charge in [0.2, 0.25) is 0 Å². The summed E-state index contributed by atoms with van der Waals surface area (Å²) in [5.41, 5.74) is 4.48. The van der Waals surface area contributed by atoms with E-state index in [0.29, 0.717) is 12.2 Å². The Balaban J connectivity index is 1.80. The van der Waals surface area contributed by atoms with E-state index in [2.05, 4.69) is 22.3 Å². The second kappa shape index (κ2) is 9.37. The summed E-state index contributed by atoms with van der Waals surface area (Å²) in [7, 11) is 1.85. The molecule has 0 aliphatic carbocycles. The van der Waals surface area contributed by atoms with Gasteiger partial charge in [0.1, 0.15) is 5.69 Å². The smallest absolute Gasteiger partial charge is 0.283 e. The first-order chi connectivity index (χ1) is 11.2. The van der Waals surface area contributed by atoms with Crippen LogP contribution in [0.5, 0.6) is 0 Å². The van der Waals surface area contributed by atoms with Crippen LogP contribution in [0.15, 0.2) is 41.7 Å². The highest BCUT2D eigenvalue weighted by Gasteiger charge is 2.12. The Morgan fingerprint density at radius 1 is 1.30 bits per heavy atom. The molecule has 6 heteroatoms. The van der Waals surface area contributed by atoms with Crippen LogP contribution in [0.4, 0.5) is 0 Å². The lowest BCUT2D eigenvalue weighted by Crippen LogP contribution is -2.38. The monoisotopic (exact) mass is 332 g/mol. The SMILES string of the molecule is CCCCCSc1ncc(C(=O)NN(C)Cc2ccccc2)[nH]1. The minimum atomic E-state index is -0.170. The molecule has 0 atom stereocenters. The van der Waals surface area contributed by atoms with Crippen molar-refractivity contribution in [2.45, 2.75) is 37.9 Å². The lowest BCUT2D eigenvalue weighted by atomic mass is 10.2. The first kappa shape index (κ1) is 17.6. The number of nitrogens with one attached hydrogen (secondary N) is 2. The maximum absolute atomic E-state index is 12.2. The standard InChI is InChI=1S/C17H24N4OS/c1-3-4-8-11-23-17-18-12-15(19-17)16(22)20-21(2)13-14-9-6-5-7-10-14/h5-7,9-10,12H,3-4,8,11,13H2,1-2H3,(H,18,19)(H,20,22). The van der Waals surface area contributed by atoms with Crippen molar-refractivity contribution in [1.29, 1.82) is 0 Å².